The van der Waals surface area contributed by atoms with Gasteiger partial charge in [0, 0.05) is 37.0 Å². The highest BCUT2D eigenvalue weighted by Crippen LogP contribution is 2.25. The van der Waals surface area contributed by atoms with Gasteiger partial charge in [-0.2, -0.15) is 8.78 Å². The van der Waals surface area contributed by atoms with Gasteiger partial charge < -0.3 is 10.6 Å². The Morgan fingerprint density at radius 3 is 2.84 bits per heavy atom. The molecule has 0 bridgehead atoms. The second-order valence-electron chi connectivity index (χ2n) is 4.99. The summed E-state index contributed by atoms with van der Waals surface area (Å²) in [6, 6.07) is 3.32. The number of hydrogen-bond acceptors (Lipinski definition) is 3. The van der Waals surface area contributed by atoms with Crippen LogP contribution in [0.5, 0.6) is 0 Å². The molecule has 2 N–H and O–H groups in total. The largest absolute Gasteiger partial charge is 0.381 e. The molecule has 0 spiro atoms. The highest BCUT2D eigenvalue weighted by molar-refractivity contribution is 5.61. The topological polar surface area (TPSA) is 37.0 Å². The summed E-state index contributed by atoms with van der Waals surface area (Å²) in [6.45, 7) is 6.74. The number of hydrogen-bond donors (Lipinski definition) is 2. The number of halogens is 2. The van der Waals surface area contributed by atoms with E-state index in [9.17, 15) is 8.78 Å². The normalized spacial score (nSPS) is 20.1. The van der Waals surface area contributed by atoms with Gasteiger partial charge in [0.15, 0.2) is 0 Å². The molecular formula is C14H19F2N3. The third-order valence-corrected chi connectivity index (χ3v) is 3.24. The fourth-order valence-electron chi connectivity index (χ4n) is 2.14. The molecule has 1 aromatic rings. The fraction of sp³-hybridized carbons (Fsp3) is 0.500. The summed E-state index contributed by atoms with van der Waals surface area (Å²) in [4.78, 5) is 3.80. The number of aromatic nitrogens is 1. The van der Waals surface area contributed by atoms with Gasteiger partial charge in [-0.1, -0.05) is 6.58 Å². The van der Waals surface area contributed by atoms with Gasteiger partial charge in [-0.25, -0.2) is 0 Å². The molecule has 1 aliphatic heterocycles. The Kier molecular flexibility index (Phi) is 4.14. The Bertz CT molecular complexity index is 431. The van der Waals surface area contributed by atoms with Gasteiger partial charge in [-0.3, -0.25) is 4.98 Å². The monoisotopic (exact) mass is 267 g/mol. The van der Waals surface area contributed by atoms with Crippen molar-refractivity contribution in [2.24, 2.45) is 0 Å². The van der Waals surface area contributed by atoms with Crippen molar-refractivity contribution in [2.75, 3.05) is 13.1 Å². The Morgan fingerprint density at radius 1 is 1.53 bits per heavy atom. The molecule has 1 atom stereocenters. The van der Waals surface area contributed by atoms with Crippen LogP contribution in [0, 0.1) is 0 Å². The van der Waals surface area contributed by atoms with Crippen molar-refractivity contribution in [3.63, 3.8) is 0 Å². The Labute approximate surface area is 112 Å². The van der Waals surface area contributed by atoms with E-state index < -0.39 is 5.92 Å². The Balaban J connectivity index is 1.99. The molecule has 0 amide bonds. The van der Waals surface area contributed by atoms with E-state index in [0.29, 0.717) is 6.04 Å². The minimum atomic E-state index is -2.90. The molecule has 19 heavy (non-hydrogen) atoms. The molecule has 2 rings (SSSR count). The first-order valence-corrected chi connectivity index (χ1v) is 6.47. The van der Waals surface area contributed by atoms with Gasteiger partial charge in [0.1, 0.15) is 5.69 Å². The zero-order chi connectivity index (χ0) is 13.9. The highest BCUT2D eigenvalue weighted by Gasteiger charge is 2.25. The molecule has 1 saturated heterocycles. The number of piperidine rings is 1. The summed E-state index contributed by atoms with van der Waals surface area (Å²) in [5.74, 6) is -2.90. The number of alkyl halides is 2. The van der Waals surface area contributed by atoms with Gasteiger partial charge in [0.05, 0.1) is 0 Å². The third-order valence-electron chi connectivity index (χ3n) is 3.24. The van der Waals surface area contributed by atoms with Crippen molar-refractivity contribution in [3.05, 3.63) is 36.2 Å². The summed E-state index contributed by atoms with van der Waals surface area (Å²) < 4.78 is 26.1. The van der Waals surface area contributed by atoms with E-state index in [-0.39, 0.29) is 5.69 Å². The summed E-state index contributed by atoms with van der Waals surface area (Å²) in [5, 5.41) is 6.61. The third kappa shape index (κ3) is 3.73. The minimum Gasteiger partial charge on any atom is -0.381 e. The van der Waals surface area contributed by atoms with Gasteiger partial charge >= 0.3 is 0 Å². The summed E-state index contributed by atoms with van der Waals surface area (Å²) >= 11 is 0. The lowest BCUT2D eigenvalue weighted by atomic mass is 10.1. The van der Waals surface area contributed by atoms with E-state index in [1.54, 1.807) is 6.07 Å². The van der Waals surface area contributed by atoms with Crippen LogP contribution in [0.1, 0.15) is 31.0 Å². The first-order valence-electron chi connectivity index (χ1n) is 6.47. The number of nitrogens with zero attached hydrogens (tertiary/aromatic N) is 1. The maximum atomic E-state index is 13.1. The highest BCUT2D eigenvalue weighted by atomic mass is 19.3. The first-order chi connectivity index (χ1) is 8.97. The second-order valence-corrected chi connectivity index (χ2v) is 4.99. The van der Waals surface area contributed by atoms with Crippen LogP contribution < -0.4 is 10.6 Å². The van der Waals surface area contributed by atoms with Crippen molar-refractivity contribution >= 4 is 5.70 Å². The zero-order valence-electron chi connectivity index (χ0n) is 11.0. The molecule has 0 radical (unpaired) electrons. The molecule has 0 saturated carbocycles. The zero-order valence-corrected chi connectivity index (χ0v) is 11.0. The molecule has 0 aromatic carbocycles. The SMILES string of the molecule is C=C(NC1CCCNC1)c1ccc(C(C)(F)F)nc1. The van der Waals surface area contributed by atoms with Crippen LogP contribution in [-0.2, 0) is 5.92 Å². The van der Waals surface area contributed by atoms with Crippen LogP contribution in [0.15, 0.2) is 24.9 Å². The van der Waals surface area contributed by atoms with E-state index in [0.717, 1.165) is 44.1 Å². The van der Waals surface area contributed by atoms with Gasteiger partial charge in [0.2, 0.25) is 0 Å². The number of nitrogens with one attached hydrogen (secondary N) is 2. The summed E-state index contributed by atoms with van der Waals surface area (Å²) in [6.07, 6.45) is 3.66. The molecule has 104 valence electrons. The van der Waals surface area contributed by atoms with E-state index in [2.05, 4.69) is 22.2 Å². The summed E-state index contributed by atoms with van der Waals surface area (Å²) in [5.41, 5.74) is 1.26. The van der Waals surface area contributed by atoms with Crippen LogP contribution in [-0.4, -0.2) is 24.1 Å². The maximum Gasteiger partial charge on any atom is 0.286 e. The van der Waals surface area contributed by atoms with E-state index >= 15 is 0 Å². The second kappa shape index (κ2) is 5.65. The molecule has 1 aliphatic rings. The quantitative estimate of drug-likeness (QED) is 0.880. The summed E-state index contributed by atoms with van der Waals surface area (Å²) in [7, 11) is 0. The van der Waals surface area contributed by atoms with Gasteiger partial charge in [-0.05, 0) is 31.5 Å². The first kappa shape index (κ1) is 13.9. The number of rotatable bonds is 4. The lowest BCUT2D eigenvalue weighted by Gasteiger charge is -2.25. The molecular weight excluding hydrogens is 248 g/mol. The molecule has 2 heterocycles. The van der Waals surface area contributed by atoms with Crippen LogP contribution in [0.4, 0.5) is 8.78 Å². The lowest BCUT2D eigenvalue weighted by Crippen LogP contribution is -2.42. The molecule has 5 heteroatoms. The molecule has 0 aliphatic carbocycles. The molecule has 3 nitrogen and oxygen atoms in total. The Hall–Kier alpha value is -1.49. The van der Waals surface area contributed by atoms with Gasteiger partial charge in [-0.15, -0.1) is 0 Å². The van der Waals surface area contributed by atoms with Gasteiger partial charge in [0.25, 0.3) is 5.92 Å². The average molecular weight is 267 g/mol. The number of pyridine rings is 1. The van der Waals surface area contributed by atoms with Crippen molar-refractivity contribution in [1.29, 1.82) is 0 Å². The van der Waals surface area contributed by atoms with E-state index in [4.69, 9.17) is 0 Å². The van der Waals surface area contributed by atoms with E-state index in [1.165, 1.54) is 12.3 Å². The lowest BCUT2D eigenvalue weighted by molar-refractivity contribution is 0.0127. The molecule has 1 aromatic heterocycles. The fourth-order valence-corrected chi connectivity index (χ4v) is 2.14. The standard InChI is InChI=1S/C14H19F2N3/c1-10(19-12-4-3-7-17-9-12)11-5-6-13(18-8-11)14(2,15)16/h5-6,8,12,17,19H,1,3-4,7,9H2,2H3. The van der Waals surface area contributed by atoms with Crippen LogP contribution in [0.25, 0.3) is 5.70 Å². The van der Waals surface area contributed by atoms with Crippen LogP contribution in [0.3, 0.4) is 0 Å². The van der Waals surface area contributed by atoms with E-state index in [1.807, 2.05) is 0 Å². The van der Waals surface area contributed by atoms with Crippen molar-refractivity contribution in [2.45, 2.75) is 31.7 Å². The van der Waals surface area contributed by atoms with Crippen molar-refractivity contribution < 1.29 is 8.78 Å². The molecule has 1 unspecified atom stereocenters. The van der Waals surface area contributed by atoms with Crippen LogP contribution in [0.2, 0.25) is 0 Å². The van der Waals surface area contributed by atoms with Crippen molar-refractivity contribution in [3.8, 4) is 0 Å². The predicted molar refractivity (Wildman–Crippen MR) is 71.9 cm³/mol. The Morgan fingerprint density at radius 2 is 2.32 bits per heavy atom. The van der Waals surface area contributed by atoms with Crippen LogP contribution >= 0.6 is 0 Å². The molecule has 1 fully saturated rings. The smallest absolute Gasteiger partial charge is 0.286 e. The minimum absolute atomic E-state index is 0.219. The maximum absolute atomic E-state index is 13.1. The van der Waals surface area contributed by atoms with Crippen molar-refractivity contribution in [1.82, 2.24) is 15.6 Å². The predicted octanol–water partition coefficient (Wildman–Crippen LogP) is 2.51. The average Bonchev–Trinajstić information content (AvgIpc) is 2.39.